The van der Waals surface area contributed by atoms with E-state index < -0.39 is 0 Å². The zero-order valence-corrected chi connectivity index (χ0v) is 13.8. The van der Waals surface area contributed by atoms with Gasteiger partial charge in [0.15, 0.2) is 5.13 Å². The fourth-order valence-electron chi connectivity index (χ4n) is 2.36. The summed E-state index contributed by atoms with van der Waals surface area (Å²) in [7, 11) is 1.60. The molecule has 122 valence electrons. The second-order valence-electron chi connectivity index (χ2n) is 5.05. The van der Waals surface area contributed by atoms with Crippen molar-refractivity contribution in [3.05, 3.63) is 53.0 Å². The van der Waals surface area contributed by atoms with Gasteiger partial charge in [0.1, 0.15) is 5.75 Å². The second-order valence-corrected chi connectivity index (χ2v) is 5.94. The average molecular weight is 340 g/mol. The first kappa shape index (κ1) is 15.9. The minimum atomic E-state index is -0.254. The molecule has 0 aliphatic carbocycles. The van der Waals surface area contributed by atoms with E-state index in [9.17, 15) is 4.79 Å². The van der Waals surface area contributed by atoms with Gasteiger partial charge in [-0.25, -0.2) is 10.4 Å². The molecule has 24 heavy (non-hydrogen) atoms. The number of amides is 1. The van der Waals surface area contributed by atoms with Gasteiger partial charge in [-0.1, -0.05) is 30.3 Å². The lowest BCUT2D eigenvalue weighted by atomic mass is 10.0. The predicted molar refractivity (Wildman–Crippen MR) is 96.5 cm³/mol. The molecule has 0 atom stereocenters. The van der Waals surface area contributed by atoms with Gasteiger partial charge >= 0.3 is 0 Å². The number of nitrogen functional groups attached to an aromatic ring is 1. The van der Waals surface area contributed by atoms with Crippen molar-refractivity contribution in [2.45, 2.75) is 6.42 Å². The third-order valence-corrected chi connectivity index (χ3v) is 4.17. The number of hydrazone groups is 1. The maximum Gasteiger partial charge on any atom is 0.246 e. The third kappa shape index (κ3) is 3.52. The summed E-state index contributed by atoms with van der Waals surface area (Å²) in [5.41, 5.74) is 9.50. The molecular weight excluding hydrogens is 324 g/mol. The van der Waals surface area contributed by atoms with Crippen LogP contribution in [0.5, 0.6) is 5.75 Å². The Bertz CT molecular complexity index is 904. The highest BCUT2D eigenvalue weighted by molar-refractivity contribution is 7.13. The van der Waals surface area contributed by atoms with E-state index in [2.05, 4.69) is 15.5 Å². The molecule has 0 aliphatic rings. The minimum Gasteiger partial charge on any atom is -0.496 e. The normalized spacial score (nSPS) is 11.0. The van der Waals surface area contributed by atoms with E-state index >= 15 is 0 Å². The summed E-state index contributed by atoms with van der Waals surface area (Å²) in [5.74, 6) is 0.440. The second kappa shape index (κ2) is 7.10. The van der Waals surface area contributed by atoms with Crippen molar-refractivity contribution < 1.29 is 9.53 Å². The van der Waals surface area contributed by atoms with E-state index in [-0.39, 0.29) is 12.3 Å². The highest BCUT2D eigenvalue weighted by Crippen LogP contribution is 2.26. The summed E-state index contributed by atoms with van der Waals surface area (Å²) in [6, 6.07) is 11.8. The molecule has 3 aromatic rings. The van der Waals surface area contributed by atoms with Gasteiger partial charge in [0, 0.05) is 10.9 Å². The number of carbonyl (C=O) groups excluding carboxylic acids is 1. The Hall–Kier alpha value is -2.93. The number of methoxy groups -OCH3 is 1. The van der Waals surface area contributed by atoms with Gasteiger partial charge in [-0.3, -0.25) is 4.79 Å². The van der Waals surface area contributed by atoms with Crippen LogP contribution < -0.4 is 15.9 Å². The van der Waals surface area contributed by atoms with Gasteiger partial charge in [0.25, 0.3) is 0 Å². The zero-order valence-electron chi connectivity index (χ0n) is 13.0. The maximum atomic E-state index is 11.9. The molecule has 0 spiro atoms. The van der Waals surface area contributed by atoms with Crippen LogP contribution in [0.15, 0.2) is 46.9 Å². The van der Waals surface area contributed by atoms with Crippen molar-refractivity contribution in [2.24, 2.45) is 5.10 Å². The lowest BCUT2D eigenvalue weighted by Gasteiger charge is -2.08. The molecule has 2 aromatic carbocycles. The fourth-order valence-corrected chi connectivity index (χ4v) is 2.93. The molecule has 0 saturated heterocycles. The summed E-state index contributed by atoms with van der Waals surface area (Å²) < 4.78 is 5.38. The quantitative estimate of drug-likeness (QED) is 0.552. The zero-order chi connectivity index (χ0) is 16.9. The lowest BCUT2D eigenvalue weighted by molar-refractivity contribution is -0.120. The molecule has 0 fully saturated rings. The first-order valence-electron chi connectivity index (χ1n) is 7.25. The van der Waals surface area contributed by atoms with Crippen LogP contribution in [0, 0.1) is 0 Å². The van der Waals surface area contributed by atoms with Crippen LogP contribution in [-0.4, -0.2) is 24.2 Å². The van der Waals surface area contributed by atoms with E-state index in [1.54, 1.807) is 18.7 Å². The molecule has 0 unspecified atom stereocenters. The minimum absolute atomic E-state index is 0.137. The Morgan fingerprint density at radius 2 is 2.21 bits per heavy atom. The maximum absolute atomic E-state index is 11.9. The number of nitrogens with one attached hydrogen (secondary N) is 1. The standard InChI is InChI=1S/C17H16N4O2S/c1-23-15-7-6-11-4-2-3-5-13(11)14(15)9-19-21-16(22)8-12-10-24-17(18)20-12/h2-7,9-10H,8H2,1H3,(H2,18,20)(H,21,22)/b19-9+. The van der Waals surface area contributed by atoms with Crippen LogP contribution in [-0.2, 0) is 11.2 Å². The number of nitrogens with two attached hydrogens (primary N) is 1. The van der Waals surface area contributed by atoms with Gasteiger partial charge in [0.05, 0.1) is 25.4 Å². The molecule has 1 aromatic heterocycles. The Morgan fingerprint density at radius 3 is 2.96 bits per heavy atom. The summed E-state index contributed by atoms with van der Waals surface area (Å²) in [6.07, 6.45) is 1.73. The monoisotopic (exact) mass is 340 g/mol. The number of thiazole rings is 1. The molecule has 3 N–H and O–H groups in total. The van der Waals surface area contributed by atoms with Crippen molar-refractivity contribution in [3.8, 4) is 5.75 Å². The molecule has 6 nitrogen and oxygen atoms in total. The Kier molecular flexibility index (Phi) is 4.72. The molecule has 1 heterocycles. The van der Waals surface area contributed by atoms with Crippen molar-refractivity contribution in [2.75, 3.05) is 12.8 Å². The number of benzene rings is 2. The number of fused-ring (bicyclic) bond motifs is 1. The van der Waals surface area contributed by atoms with Crippen molar-refractivity contribution in [3.63, 3.8) is 0 Å². The largest absolute Gasteiger partial charge is 0.496 e. The van der Waals surface area contributed by atoms with E-state index in [1.807, 2.05) is 36.4 Å². The number of nitrogens with zero attached hydrogens (tertiary/aromatic N) is 2. The topological polar surface area (TPSA) is 89.6 Å². The van der Waals surface area contributed by atoms with Crippen LogP contribution in [0.3, 0.4) is 0 Å². The Labute approximate surface area is 143 Å². The van der Waals surface area contributed by atoms with Gasteiger partial charge in [0.2, 0.25) is 5.91 Å². The number of ether oxygens (including phenoxy) is 1. The van der Waals surface area contributed by atoms with E-state index in [0.29, 0.717) is 16.6 Å². The molecule has 7 heteroatoms. The number of rotatable bonds is 5. The molecule has 3 rings (SSSR count). The average Bonchev–Trinajstić information content (AvgIpc) is 2.99. The summed E-state index contributed by atoms with van der Waals surface area (Å²) >= 11 is 1.31. The fraction of sp³-hybridized carbons (Fsp3) is 0.118. The van der Waals surface area contributed by atoms with Gasteiger partial charge in [-0.15, -0.1) is 11.3 Å². The van der Waals surface area contributed by atoms with Gasteiger partial charge in [-0.2, -0.15) is 5.10 Å². The van der Waals surface area contributed by atoms with Crippen LogP contribution in [0.4, 0.5) is 5.13 Å². The summed E-state index contributed by atoms with van der Waals surface area (Å²) in [5, 5.41) is 8.32. The molecule has 0 bridgehead atoms. The molecule has 0 saturated carbocycles. The van der Waals surface area contributed by atoms with Crippen molar-refractivity contribution in [1.82, 2.24) is 10.4 Å². The van der Waals surface area contributed by atoms with Crippen molar-refractivity contribution in [1.29, 1.82) is 0 Å². The highest BCUT2D eigenvalue weighted by atomic mass is 32.1. The Morgan fingerprint density at radius 1 is 1.38 bits per heavy atom. The Balaban J connectivity index is 1.76. The first-order valence-corrected chi connectivity index (χ1v) is 8.13. The van der Waals surface area contributed by atoms with Gasteiger partial charge < -0.3 is 10.5 Å². The van der Waals surface area contributed by atoms with Crippen molar-refractivity contribution >= 4 is 39.4 Å². The van der Waals surface area contributed by atoms with E-state index in [4.69, 9.17) is 10.5 Å². The molecule has 0 radical (unpaired) electrons. The van der Waals surface area contributed by atoms with Crippen LogP contribution >= 0.6 is 11.3 Å². The molecule has 0 aliphatic heterocycles. The number of aromatic nitrogens is 1. The van der Waals surface area contributed by atoms with Crippen LogP contribution in [0.1, 0.15) is 11.3 Å². The van der Waals surface area contributed by atoms with Crippen LogP contribution in [0.2, 0.25) is 0 Å². The van der Waals surface area contributed by atoms with Crippen LogP contribution in [0.25, 0.3) is 10.8 Å². The van der Waals surface area contributed by atoms with Gasteiger partial charge in [-0.05, 0) is 16.8 Å². The summed E-state index contributed by atoms with van der Waals surface area (Å²) in [4.78, 5) is 15.9. The van der Waals surface area contributed by atoms with E-state index in [0.717, 1.165) is 16.3 Å². The third-order valence-electron chi connectivity index (χ3n) is 3.44. The number of anilines is 1. The number of hydrogen-bond acceptors (Lipinski definition) is 6. The molecule has 1 amide bonds. The number of carbonyl (C=O) groups is 1. The smallest absolute Gasteiger partial charge is 0.246 e. The SMILES string of the molecule is COc1ccc2ccccc2c1/C=N/NC(=O)Cc1csc(N)n1. The first-order chi connectivity index (χ1) is 11.7. The lowest BCUT2D eigenvalue weighted by Crippen LogP contribution is -2.20. The highest BCUT2D eigenvalue weighted by Gasteiger charge is 2.07. The predicted octanol–water partition coefficient (Wildman–Crippen LogP) is 2.58. The molecular formula is C17H16N4O2S. The van der Waals surface area contributed by atoms with E-state index in [1.165, 1.54) is 11.3 Å². The summed E-state index contributed by atoms with van der Waals surface area (Å²) in [6.45, 7) is 0. The number of hydrogen-bond donors (Lipinski definition) is 2.